The van der Waals surface area contributed by atoms with Gasteiger partial charge in [0, 0.05) is 0 Å². The molecular weight excluding hydrogens is 230 g/mol. The summed E-state index contributed by atoms with van der Waals surface area (Å²) in [4.78, 5) is 2.13. The second-order valence-corrected chi connectivity index (χ2v) is 2.74. The average molecular weight is 238 g/mol. The average Bonchev–Trinajstić information content (AvgIpc) is 1.37. The molecule has 0 aliphatic heterocycles. The first-order chi connectivity index (χ1) is 1.91. The minimum atomic E-state index is -0.276. The number of halogens is 2. The molecule has 0 atom stereocenters. The SMILES string of the molecule is C[O][Sn][CH3].Cl.Cl. The zero-order valence-electron chi connectivity index (χ0n) is 3.72. The van der Waals surface area contributed by atoms with Gasteiger partial charge in [0.05, 0.1) is 0 Å². The molecule has 0 aromatic rings. The van der Waals surface area contributed by atoms with Crippen molar-refractivity contribution in [2.45, 2.75) is 4.94 Å². The summed E-state index contributed by atoms with van der Waals surface area (Å²) in [6.45, 7) is 0. The summed E-state index contributed by atoms with van der Waals surface area (Å²) in [5.41, 5.74) is 0. The van der Waals surface area contributed by atoms with E-state index in [0.29, 0.717) is 0 Å². The molecule has 0 aliphatic rings. The van der Waals surface area contributed by atoms with E-state index in [1.54, 1.807) is 7.11 Å². The molecule has 0 N–H and O–H groups in total. The molecule has 40 valence electrons. The zero-order chi connectivity index (χ0) is 3.41. The van der Waals surface area contributed by atoms with Crippen LogP contribution in [0.1, 0.15) is 0 Å². The minimum Gasteiger partial charge on any atom is -0.147 e. The minimum absolute atomic E-state index is 0. The van der Waals surface area contributed by atoms with Gasteiger partial charge in [-0.15, -0.1) is 24.8 Å². The van der Waals surface area contributed by atoms with Crippen LogP contribution in [0, 0.1) is 0 Å². The standard InChI is InChI=1S/CH3O.CH3.2ClH.Sn/c1-2;;;;/h1H3;1H3;2*1H;/q-1;;;;+1. The molecule has 0 bridgehead atoms. The summed E-state index contributed by atoms with van der Waals surface area (Å²) in [5, 5.41) is 0. The fourth-order valence-corrected chi connectivity index (χ4v) is 0. The van der Waals surface area contributed by atoms with E-state index in [1.807, 2.05) is 0 Å². The maximum absolute atomic E-state index is 4.71. The van der Waals surface area contributed by atoms with Crippen LogP contribution >= 0.6 is 24.8 Å². The molecule has 0 saturated carbocycles. The third kappa shape index (κ3) is 18.4. The summed E-state index contributed by atoms with van der Waals surface area (Å²) >= 11 is -0.276. The fraction of sp³-hybridized carbons (Fsp3) is 1.00. The van der Waals surface area contributed by atoms with E-state index in [-0.39, 0.29) is 46.4 Å². The smallest absolute Gasteiger partial charge is 0.147 e. The first-order valence-electron chi connectivity index (χ1n) is 1.11. The number of hydrogen-bond acceptors (Lipinski definition) is 1. The normalized spacial score (nSPS) is 5.00. The summed E-state index contributed by atoms with van der Waals surface area (Å²) in [5.74, 6) is 0. The molecule has 0 heterocycles. The quantitative estimate of drug-likeness (QED) is 0.622. The van der Waals surface area contributed by atoms with Gasteiger partial charge >= 0.3 is 36.7 Å². The van der Waals surface area contributed by atoms with Gasteiger partial charge in [0.1, 0.15) is 0 Å². The summed E-state index contributed by atoms with van der Waals surface area (Å²) < 4.78 is 4.71. The Morgan fingerprint density at radius 1 is 1.33 bits per heavy atom. The van der Waals surface area contributed by atoms with E-state index >= 15 is 0 Å². The molecule has 0 aromatic carbocycles. The molecule has 0 rings (SSSR count). The Bertz CT molecular complexity index is 13.5. The van der Waals surface area contributed by atoms with Crippen LogP contribution in [0.5, 0.6) is 0 Å². The Morgan fingerprint density at radius 2 is 1.50 bits per heavy atom. The van der Waals surface area contributed by atoms with Gasteiger partial charge in [-0.25, -0.2) is 0 Å². The summed E-state index contributed by atoms with van der Waals surface area (Å²) in [7, 11) is 1.76. The van der Waals surface area contributed by atoms with Gasteiger partial charge in [-0.1, -0.05) is 0 Å². The maximum atomic E-state index is 4.71. The van der Waals surface area contributed by atoms with Crippen molar-refractivity contribution in [3.8, 4) is 0 Å². The van der Waals surface area contributed by atoms with Crippen molar-refractivity contribution >= 4 is 46.4 Å². The second kappa shape index (κ2) is 16.2. The Hall–Kier alpha value is 1.34. The molecule has 0 aromatic heterocycles. The molecule has 0 amide bonds. The predicted octanol–water partition coefficient (Wildman–Crippen LogP) is 1.14. The number of rotatable bonds is 1. The van der Waals surface area contributed by atoms with Gasteiger partial charge in [-0.3, -0.25) is 0 Å². The van der Waals surface area contributed by atoms with Gasteiger partial charge in [-0.2, -0.15) is 0 Å². The van der Waals surface area contributed by atoms with Gasteiger partial charge in [0.15, 0.2) is 0 Å². The van der Waals surface area contributed by atoms with Crippen LogP contribution in [0.15, 0.2) is 0 Å². The molecule has 0 fully saturated rings. The molecule has 4 heteroatoms. The van der Waals surface area contributed by atoms with Crippen LogP contribution in [0.2, 0.25) is 4.94 Å². The van der Waals surface area contributed by atoms with Gasteiger partial charge in [-0.05, 0) is 0 Å². The predicted molar refractivity (Wildman–Crippen MR) is 33.1 cm³/mol. The molecule has 0 saturated heterocycles. The van der Waals surface area contributed by atoms with E-state index in [2.05, 4.69) is 4.94 Å². The van der Waals surface area contributed by atoms with Crippen molar-refractivity contribution in [1.29, 1.82) is 0 Å². The first-order valence-corrected chi connectivity index (χ1v) is 5.13. The second-order valence-electron chi connectivity index (χ2n) is 0.408. The summed E-state index contributed by atoms with van der Waals surface area (Å²) in [6, 6.07) is 0. The monoisotopic (exact) mass is 238 g/mol. The van der Waals surface area contributed by atoms with Crippen molar-refractivity contribution in [3.63, 3.8) is 0 Å². The van der Waals surface area contributed by atoms with E-state index in [0.717, 1.165) is 0 Å². The summed E-state index contributed by atoms with van der Waals surface area (Å²) in [6.07, 6.45) is 0. The van der Waals surface area contributed by atoms with Crippen molar-refractivity contribution in [1.82, 2.24) is 0 Å². The van der Waals surface area contributed by atoms with Crippen molar-refractivity contribution in [3.05, 3.63) is 0 Å². The molecule has 1 nitrogen and oxygen atoms in total. The molecule has 0 aliphatic carbocycles. The fourth-order valence-electron chi connectivity index (χ4n) is 0. The largest absolute Gasteiger partial charge is 0.147 e. The van der Waals surface area contributed by atoms with Crippen LogP contribution in [-0.4, -0.2) is 28.7 Å². The Labute approximate surface area is 61.4 Å². The van der Waals surface area contributed by atoms with Crippen molar-refractivity contribution < 1.29 is 3.07 Å². The van der Waals surface area contributed by atoms with E-state index in [1.165, 1.54) is 0 Å². The Morgan fingerprint density at radius 3 is 1.50 bits per heavy atom. The van der Waals surface area contributed by atoms with E-state index in [4.69, 9.17) is 3.07 Å². The van der Waals surface area contributed by atoms with Crippen molar-refractivity contribution in [2.75, 3.05) is 7.11 Å². The van der Waals surface area contributed by atoms with Crippen molar-refractivity contribution in [2.24, 2.45) is 0 Å². The molecule has 0 unspecified atom stereocenters. The van der Waals surface area contributed by atoms with Crippen LogP contribution in [-0.2, 0) is 3.07 Å². The van der Waals surface area contributed by atoms with Crippen LogP contribution in [0.4, 0.5) is 0 Å². The van der Waals surface area contributed by atoms with Crippen LogP contribution in [0.25, 0.3) is 0 Å². The maximum Gasteiger partial charge on any atom is -0.147 e. The van der Waals surface area contributed by atoms with Gasteiger partial charge in [0.2, 0.25) is 0 Å². The third-order valence-corrected chi connectivity index (χ3v) is 1.37. The first kappa shape index (κ1) is 15.7. The topological polar surface area (TPSA) is 9.23 Å². The Kier molecular flexibility index (Phi) is 42.3. The van der Waals surface area contributed by atoms with E-state index in [9.17, 15) is 0 Å². The Balaban J connectivity index is -0.0000000450. The van der Waals surface area contributed by atoms with Crippen LogP contribution in [0.3, 0.4) is 0 Å². The molecule has 2 radical (unpaired) electrons. The third-order valence-electron chi connectivity index (χ3n) is 0.204. The van der Waals surface area contributed by atoms with Gasteiger partial charge < -0.3 is 0 Å². The molecule has 6 heavy (non-hydrogen) atoms. The van der Waals surface area contributed by atoms with E-state index < -0.39 is 0 Å². The van der Waals surface area contributed by atoms with Gasteiger partial charge in [0.25, 0.3) is 0 Å². The van der Waals surface area contributed by atoms with Crippen LogP contribution < -0.4 is 0 Å². The molecular formula is C2H8Cl2OSn. The molecule has 0 spiro atoms. The number of hydrogen-bond donors (Lipinski definition) is 0. The zero-order valence-corrected chi connectivity index (χ0v) is 8.21.